The minimum Gasteiger partial charge on any atom is -0.490 e. The van der Waals surface area contributed by atoms with Gasteiger partial charge in [0.15, 0.2) is 9.84 Å². The van der Waals surface area contributed by atoms with Gasteiger partial charge in [0.05, 0.1) is 16.0 Å². The molecule has 1 saturated carbocycles. The topological polar surface area (TPSA) is 63.7 Å². The van der Waals surface area contributed by atoms with Crippen LogP contribution in [0, 0.1) is 5.41 Å². The van der Waals surface area contributed by atoms with Crippen LogP contribution < -0.4 is 9.64 Å². The maximum Gasteiger partial charge on any atom is 0.251 e. The highest BCUT2D eigenvalue weighted by atomic mass is 35.5. The van der Waals surface area contributed by atoms with E-state index in [2.05, 4.69) is 0 Å². The molecule has 0 unspecified atom stereocenters. The number of carbonyl (C=O) groups is 1. The molecule has 172 valence electrons. The molecule has 1 heterocycles. The van der Waals surface area contributed by atoms with Gasteiger partial charge < -0.3 is 9.64 Å². The molecule has 0 spiro atoms. The van der Waals surface area contributed by atoms with Crippen molar-refractivity contribution in [2.24, 2.45) is 5.41 Å². The summed E-state index contributed by atoms with van der Waals surface area (Å²) in [5, 5.41) is 0.349. The Morgan fingerprint density at radius 2 is 1.72 bits per heavy atom. The summed E-state index contributed by atoms with van der Waals surface area (Å²) >= 11 is 5.88. The fourth-order valence-electron chi connectivity index (χ4n) is 4.42. The van der Waals surface area contributed by atoms with Gasteiger partial charge in [0.25, 0.3) is 5.92 Å². The van der Waals surface area contributed by atoms with Gasteiger partial charge in [0, 0.05) is 24.4 Å². The summed E-state index contributed by atoms with van der Waals surface area (Å²) in [4.78, 5) is 14.4. The van der Waals surface area contributed by atoms with Crippen LogP contribution in [0.1, 0.15) is 39.2 Å². The van der Waals surface area contributed by atoms with Gasteiger partial charge in [-0.15, -0.1) is 0 Å². The monoisotopic (exact) mass is 483 g/mol. The van der Waals surface area contributed by atoms with Crippen molar-refractivity contribution in [1.29, 1.82) is 0 Å². The molecule has 0 aromatic heterocycles. The average molecular weight is 484 g/mol. The Labute approximate surface area is 191 Å². The minimum absolute atomic E-state index is 0.0697. The second kappa shape index (κ2) is 7.42. The highest BCUT2D eigenvalue weighted by Gasteiger charge is 2.65. The lowest BCUT2D eigenvalue weighted by atomic mass is 9.75. The highest BCUT2D eigenvalue weighted by molar-refractivity contribution is 7.92. The van der Waals surface area contributed by atoms with Gasteiger partial charge in [0.1, 0.15) is 17.1 Å². The average Bonchev–Trinajstić information content (AvgIpc) is 2.80. The van der Waals surface area contributed by atoms with Crippen LogP contribution in [-0.4, -0.2) is 33.4 Å². The Balaban J connectivity index is 1.84. The van der Waals surface area contributed by atoms with Crippen molar-refractivity contribution in [2.75, 3.05) is 18.1 Å². The fraction of sp³-hybridized carbons (Fsp3) is 0.435. The molecule has 9 heteroatoms. The van der Waals surface area contributed by atoms with Gasteiger partial charge in [-0.2, -0.15) is 0 Å². The lowest BCUT2D eigenvalue weighted by Gasteiger charge is -2.46. The van der Waals surface area contributed by atoms with Crippen molar-refractivity contribution < 1.29 is 26.7 Å². The molecule has 1 aliphatic heterocycles. The first-order valence-electron chi connectivity index (χ1n) is 10.3. The quantitative estimate of drug-likeness (QED) is 0.599. The Kier molecular flexibility index (Phi) is 5.33. The molecule has 0 bridgehead atoms. The zero-order valence-corrected chi connectivity index (χ0v) is 19.6. The normalized spacial score (nSPS) is 21.2. The van der Waals surface area contributed by atoms with Gasteiger partial charge >= 0.3 is 0 Å². The standard InChI is InChI=1S/C23H24ClF2NO4S/c1-4-27-18-10-5-15(11-19(18)31-14-21(2,3)20(27)28)22(12-23(25,26)13-22)32(29,30)17-8-6-16(24)7-9-17/h5-11H,4,12-14H2,1-3H3. The van der Waals surface area contributed by atoms with Gasteiger partial charge in [-0.3, -0.25) is 4.79 Å². The van der Waals surface area contributed by atoms with Crippen LogP contribution in [-0.2, 0) is 19.4 Å². The van der Waals surface area contributed by atoms with E-state index >= 15 is 0 Å². The second-order valence-corrected chi connectivity index (χ2v) is 11.8. The van der Waals surface area contributed by atoms with Crippen molar-refractivity contribution in [2.45, 2.75) is 49.2 Å². The molecule has 32 heavy (non-hydrogen) atoms. The molecule has 5 nitrogen and oxygen atoms in total. The summed E-state index contributed by atoms with van der Waals surface area (Å²) in [6.07, 6.45) is -1.66. The van der Waals surface area contributed by atoms with Crippen molar-refractivity contribution in [3.63, 3.8) is 0 Å². The van der Waals surface area contributed by atoms with Crippen LogP contribution >= 0.6 is 11.6 Å². The Morgan fingerprint density at radius 3 is 2.28 bits per heavy atom. The molecule has 4 rings (SSSR count). The molecule has 0 N–H and O–H groups in total. The Hall–Kier alpha value is -2.19. The minimum atomic E-state index is -4.17. The number of amides is 1. The van der Waals surface area contributed by atoms with Crippen molar-refractivity contribution in [1.82, 2.24) is 0 Å². The molecule has 0 radical (unpaired) electrons. The van der Waals surface area contributed by atoms with Crippen LogP contribution in [0.15, 0.2) is 47.4 Å². The second-order valence-electron chi connectivity index (χ2n) is 9.07. The third kappa shape index (κ3) is 3.48. The number of carbonyl (C=O) groups excluding carboxylic acids is 1. The van der Waals surface area contributed by atoms with Crippen molar-refractivity contribution >= 4 is 33.0 Å². The zero-order chi connectivity index (χ0) is 23.5. The Bertz CT molecular complexity index is 1170. The third-order valence-corrected chi connectivity index (χ3v) is 8.93. The smallest absolute Gasteiger partial charge is 0.251 e. The number of ether oxygens (including phenoxy) is 1. The van der Waals surface area contributed by atoms with Crippen molar-refractivity contribution in [3.05, 3.63) is 53.1 Å². The summed E-state index contributed by atoms with van der Waals surface area (Å²) < 4.78 is 59.5. The molecular formula is C23H24ClF2NO4S. The number of fused-ring (bicyclic) bond motifs is 1. The van der Waals surface area contributed by atoms with Gasteiger partial charge in [0.2, 0.25) is 5.91 Å². The van der Waals surface area contributed by atoms with E-state index in [1.807, 2.05) is 6.92 Å². The van der Waals surface area contributed by atoms with Crippen LogP contribution in [0.3, 0.4) is 0 Å². The largest absolute Gasteiger partial charge is 0.490 e. The van der Waals surface area contributed by atoms with E-state index in [4.69, 9.17) is 16.3 Å². The van der Waals surface area contributed by atoms with E-state index in [0.29, 0.717) is 23.0 Å². The van der Waals surface area contributed by atoms with E-state index in [-0.39, 0.29) is 23.0 Å². The third-order valence-electron chi connectivity index (χ3n) is 6.23. The van der Waals surface area contributed by atoms with Gasteiger partial charge in [-0.25, -0.2) is 17.2 Å². The number of rotatable bonds is 4. The SMILES string of the molecule is CCN1C(=O)C(C)(C)COc2cc(C3(S(=O)(=O)c4ccc(Cl)cc4)CC(F)(F)C3)ccc21. The maximum atomic E-state index is 14.1. The molecule has 1 amide bonds. The Morgan fingerprint density at radius 1 is 1.09 bits per heavy atom. The summed E-state index contributed by atoms with van der Waals surface area (Å²) in [5.41, 5.74) is -0.0662. The molecule has 2 aromatic rings. The van der Waals surface area contributed by atoms with E-state index in [9.17, 15) is 22.0 Å². The molecule has 0 saturated heterocycles. The van der Waals surface area contributed by atoms with E-state index in [1.54, 1.807) is 24.8 Å². The fourth-order valence-corrected chi connectivity index (χ4v) is 6.73. The van der Waals surface area contributed by atoms with Crippen molar-refractivity contribution in [3.8, 4) is 5.75 Å². The number of halogens is 3. The molecule has 1 aliphatic carbocycles. The predicted molar refractivity (Wildman–Crippen MR) is 118 cm³/mol. The number of sulfone groups is 1. The number of hydrogen-bond donors (Lipinski definition) is 0. The van der Waals surface area contributed by atoms with E-state index in [0.717, 1.165) is 0 Å². The lowest BCUT2D eigenvalue weighted by molar-refractivity contribution is -0.127. The summed E-state index contributed by atoms with van der Waals surface area (Å²) in [6, 6.07) is 10.1. The molecule has 2 aliphatic rings. The highest BCUT2D eigenvalue weighted by Crippen LogP contribution is 2.59. The number of anilines is 1. The molecular weight excluding hydrogens is 460 g/mol. The molecule has 1 fully saturated rings. The van der Waals surface area contributed by atoms with Gasteiger partial charge in [-0.1, -0.05) is 17.7 Å². The zero-order valence-electron chi connectivity index (χ0n) is 18.0. The van der Waals surface area contributed by atoms with E-state index < -0.39 is 38.8 Å². The number of nitrogens with zero attached hydrogens (tertiary/aromatic N) is 1. The van der Waals surface area contributed by atoms with Crippen LogP contribution in [0.25, 0.3) is 0 Å². The number of alkyl halides is 2. The first kappa shape index (κ1) is 23.0. The molecule has 0 atom stereocenters. The van der Waals surface area contributed by atoms with Crippen LogP contribution in [0.2, 0.25) is 5.02 Å². The first-order chi connectivity index (χ1) is 14.8. The lowest BCUT2D eigenvalue weighted by Crippen LogP contribution is -2.54. The van der Waals surface area contributed by atoms with Crippen LogP contribution in [0.5, 0.6) is 5.75 Å². The van der Waals surface area contributed by atoms with Crippen LogP contribution in [0.4, 0.5) is 14.5 Å². The first-order valence-corrected chi connectivity index (χ1v) is 12.2. The van der Waals surface area contributed by atoms with E-state index in [1.165, 1.54) is 36.4 Å². The molecule has 2 aromatic carbocycles. The predicted octanol–water partition coefficient (Wildman–Crippen LogP) is 5.21. The number of hydrogen-bond acceptors (Lipinski definition) is 4. The maximum absolute atomic E-state index is 14.1. The summed E-state index contributed by atoms with van der Waals surface area (Å²) in [7, 11) is -4.17. The summed E-state index contributed by atoms with van der Waals surface area (Å²) in [5.74, 6) is -2.91. The summed E-state index contributed by atoms with van der Waals surface area (Å²) in [6.45, 7) is 5.85. The van der Waals surface area contributed by atoms with Gasteiger partial charge in [-0.05, 0) is 62.7 Å². The number of benzene rings is 2.